The summed E-state index contributed by atoms with van der Waals surface area (Å²) in [5, 5.41) is 0. The molecule has 2 aromatic rings. The van der Waals surface area contributed by atoms with Crippen LogP contribution in [0, 0.1) is 0 Å². The van der Waals surface area contributed by atoms with Crippen LogP contribution in [0.25, 0.3) is 11.4 Å². The third-order valence-electron chi connectivity index (χ3n) is 1.59. The van der Waals surface area contributed by atoms with E-state index < -0.39 is 0 Å². The predicted molar refractivity (Wildman–Crippen MR) is 67.1 cm³/mol. The molecule has 16 heavy (non-hydrogen) atoms. The van der Waals surface area contributed by atoms with E-state index in [4.69, 9.17) is 0 Å². The van der Waals surface area contributed by atoms with Gasteiger partial charge in [0.25, 0.3) is 0 Å². The lowest BCUT2D eigenvalue weighted by atomic mass is 10.2. The molecule has 0 bridgehead atoms. The number of pyridine rings is 2. The SMILES string of the molecule is CN(C)C.c1ccc(-c2ccccn2)nc1. The fraction of sp³-hybridized carbons (Fsp3) is 0.231. The van der Waals surface area contributed by atoms with E-state index in [2.05, 4.69) is 9.97 Å². The monoisotopic (exact) mass is 215 g/mol. The van der Waals surface area contributed by atoms with Gasteiger partial charge in [0.2, 0.25) is 0 Å². The van der Waals surface area contributed by atoms with Crippen molar-refractivity contribution in [1.82, 2.24) is 14.9 Å². The Balaban J connectivity index is 0.000000280. The molecule has 2 rings (SSSR count). The molecule has 2 heterocycles. The van der Waals surface area contributed by atoms with Crippen LogP contribution in [0.1, 0.15) is 0 Å². The molecule has 3 heteroatoms. The van der Waals surface area contributed by atoms with E-state index in [9.17, 15) is 0 Å². The van der Waals surface area contributed by atoms with Crippen LogP contribution in [0.4, 0.5) is 0 Å². The second kappa shape index (κ2) is 6.69. The maximum absolute atomic E-state index is 4.19. The molecule has 0 aromatic carbocycles. The Kier molecular flexibility index (Phi) is 5.16. The summed E-state index contributed by atoms with van der Waals surface area (Å²) >= 11 is 0. The molecule has 0 atom stereocenters. The quantitative estimate of drug-likeness (QED) is 0.731. The van der Waals surface area contributed by atoms with Gasteiger partial charge in [0, 0.05) is 12.4 Å². The number of aromatic nitrogens is 2. The minimum absolute atomic E-state index is 0.915. The van der Waals surface area contributed by atoms with Gasteiger partial charge in [0.05, 0.1) is 11.4 Å². The Morgan fingerprint density at radius 1 is 0.750 bits per heavy atom. The highest BCUT2D eigenvalue weighted by atomic mass is 15.0. The van der Waals surface area contributed by atoms with Gasteiger partial charge in [0.1, 0.15) is 0 Å². The maximum Gasteiger partial charge on any atom is 0.0886 e. The predicted octanol–water partition coefficient (Wildman–Crippen LogP) is 2.32. The largest absolute Gasteiger partial charge is 0.312 e. The average molecular weight is 215 g/mol. The van der Waals surface area contributed by atoms with E-state index in [-0.39, 0.29) is 0 Å². The molecule has 0 N–H and O–H groups in total. The van der Waals surface area contributed by atoms with Crippen molar-refractivity contribution in [3.8, 4) is 11.4 Å². The molecule has 0 unspecified atom stereocenters. The van der Waals surface area contributed by atoms with Gasteiger partial charge in [-0.15, -0.1) is 0 Å². The van der Waals surface area contributed by atoms with Crippen molar-refractivity contribution >= 4 is 0 Å². The van der Waals surface area contributed by atoms with Crippen LogP contribution < -0.4 is 0 Å². The van der Waals surface area contributed by atoms with Crippen LogP contribution in [0.15, 0.2) is 48.8 Å². The van der Waals surface area contributed by atoms with Crippen LogP contribution >= 0.6 is 0 Å². The van der Waals surface area contributed by atoms with E-state index in [1.165, 1.54) is 0 Å². The second-order valence-corrected chi connectivity index (χ2v) is 3.77. The third-order valence-corrected chi connectivity index (χ3v) is 1.59. The topological polar surface area (TPSA) is 29.0 Å². The Morgan fingerprint density at radius 2 is 1.12 bits per heavy atom. The molecule has 0 aliphatic carbocycles. The van der Waals surface area contributed by atoms with E-state index >= 15 is 0 Å². The first-order chi connectivity index (χ1) is 7.70. The summed E-state index contributed by atoms with van der Waals surface area (Å²) in [6, 6.07) is 11.6. The first-order valence-electron chi connectivity index (χ1n) is 5.13. The lowest BCUT2D eigenvalue weighted by Gasteiger charge is -1.96. The van der Waals surface area contributed by atoms with Crippen LogP contribution in [-0.4, -0.2) is 36.0 Å². The lowest BCUT2D eigenvalue weighted by molar-refractivity contribution is 0.505. The Hall–Kier alpha value is -1.74. The summed E-state index contributed by atoms with van der Waals surface area (Å²) in [6.45, 7) is 0. The zero-order chi connectivity index (χ0) is 11.8. The summed E-state index contributed by atoms with van der Waals surface area (Å²) in [4.78, 5) is 10.4. The third kappa shape index (κ3) is 4.66. The highest BCUT2D eigenvalue weighted by Crippen LogP contribution is 2.10. The summed E-state index contributed by atoms with van der Waals surface area (Å²) in [6.07, 6.45) is 3.54. The van der Waals surface area contributed by atoms with Gasteiger partial charge in [-0.1, -0.05) is 12.1 Å². The first-order valence-corrected chi connectivity index (χ1v) is 5.13. The standard InChI is InChI=1S/C10H8N2.C3H9N/c1-3-7-11-9(5-1)10-6-2-4-8-12-10;1-4(2)3/h1-8H;1-3H3. The highest BCUT2D eigenvalue weighted by molar-refractivity contribution is 5.52. The fourth-order valence-corrected chi connectivity index (χ4v) is 1.03. The van der Waals surface area contributed by atoms with Gasteiger partial charge in [-0.05, 0) is 45.4 Å². The average Bonchev–Trinajstić information content (AvgIpc) is 2.31. The molecule has 84 valence electrons. The van der Waals surface area contributed by atoms with Crippen molar-refractivity contribution in [3.05, 3.63) is 48.8 Å². The number of rotatable bonds is 1. The van der Waals surface area contributed by atoms with Gasteiger partial charge >= 0.3 is 0 Å². The molecule has 0 amide bonds. The molecule has 0 saturated heterocycles. The van der Waals surface area contributed by atoms with Crippen molar-refractivity contribution in [2.75, 3.05) is 21.1 Å². The lowest BCUT2D eigenvalue weighted by Crippen LogP contribution is -1.99. The molecule has 0 fully saturated rings. The summed E-state index contributed by atoms with van der Waals surface area (Å²) in [5.41, 5.74) is 1.83. The second-order valence-electron chi connectivity index (χ2n) is 3.77. The minimum atomic E-state index is 0.915. The molecule has 0 radical (unpaired) electrons. The Morgan fingerprint density at radius 3 is 1.38 bits per heavy atom. The first kappa shape index (κ1) is 12.3. The van der Waals surface area contributed by atoms with Gasteiger partial charge in [0.15, 0.2) is 0 Å². The van der Waals surface area contributed by atoms with Gasteiger partial charge in [-0.3, -0.25) is 9.97 Å². The fourth-order valence-electron chi connectivity index (χ4n) is 1.03. The van der Waals surface area contributed by atoms with Crippen LogP contribution in [0.5, 0.6) is 0 Å². The molecule has 0 aliphatic rings. The Labute approximate surface area is 96.8 Å². The van der Waals surface area contributed by atoms with Crippen molar-refractivity contribution in [2.24, 2.45) is 0 Å². The van der Waals surface area contributed by atoms with E-state index in [0.29, 0.717) is 0 Å². The van der Waals surface area contributed by atoms with Crippen molar-refractivity contribution in [1.29, 1.82) is 0 Å². The van der Waals surface area contributed by atoms with Crippen LogP contribution in [0.2, 0.25) is 0 Å². The minimum Gasteiger partial charge on any atom is -0.312 e. The molecule has 3 nitrogen and oxygen atoms in total. The van der Waals surface area contributed by atoms with Gasteiger partial charge in [-0.2, -0.15) is 0 Å². The van der Waals surface area contributed by atoms with Gasteiger partial charge in [-0.25, -0.2) is 0 Å². The number of hydrogen-bond donors (Lipinski definition) is 0. The summed E-state index contributed by atoms with van der Waals surface area (Å²) < 4.78 is 0. The molecular weight excluding hydrogens is 198 g/mol. The Bertz CT molecular complexity index is 344. The van der Waals surface area contributed by atoms with Crippen molar-refractivity contribution in [3.63, 3.8) is 0 Å². The van der Waals surface area contributed by atoms with Crippen molar-refractivity contribution in [2.45, 2.75) is 0 Å². The van der Waals surface area contributed by atoms with E-state index in [1.807, 2.05) is 62.4 Å². The van der Waals surface area contributed by atoms with Crippen LogP contribution in [-0.2, 0) is 0 Å². The normalized spacial score (nSPS) is 9.50. The van der Waals surface area contributed by atoms with Gasteiger partial charge < -0.3 is 4.90 Å². The number of hydrogen-bond acceptors (Lipinski definition) is 3. The highest BCUT2D eigenvalue weighted by Gasteiger charge is 1.95. The molecule has 0 spiro atoms. The summed E-state index contributed by atoms with van der Waals surface area (Å²) in [5.74, 6) is 0. The maximum atomic E-state index is 4.19. The molecule has 2 aromatic heterocycles. The van der Waals surface area contributed by atoms with Crippen molar-refractivity contribution < 1.29 is 0 Å². The number of nitrogens with zero attached hydrogens (tertiary/aromatic N) is 3. The van der Waals surface area contributed by atoms with E-state index in [1.54, 1.807) is 12.4 Å². The summed E-state index contributed by atoms with van der Waals surface area (Å²) in [7, 11) is 6.00. The zero-order valence-corrected chi connectivity index (χ0v) is 9.96. The molecule has 0 saturated carbocycles. The van der Waals surface area contributed by atoms with Crippen LogP contribution in [0.3, 0.4) is 0 Å². The molecular formula is C13H17N3. The zero-order valence-electron chi connectivity index (χ0n) is 9.96. The van der Waals surface area contributed by atoms with E-state index in [0.717, 1.165) is 11.4 Å². The molecule has 0 aliphatic heterocycles. The smallest absolute Gasteiger partial charge is 0.0886 e.